The minimum atomic E-state index is 0.106. The fraction of sp³-hybridized carbons (Fsp3) is 0.381. The molecule has 0 unspecified atom stereocenters. The minimum Gasteiger partial charge on any atom is -0.309 e. The van der Waals surface area contributed by atoms with Crippen LogP contribution < -0.4 is 4.90 Å². The van der Waals surface area contributed by atoms with Crippen LogP contribution in [0.5, 0.6) is 0 Å². The molecule has 3 heterocycles. The summed E-state index contributed by atoms with van der Waals surface area (Å²) in [4.78, 5) is 17.3. The molecule has 4 rings (SSSR count). The van der Waals surface area contributed by atoms with Crippen LogP contribution in [0, 0.1) is 0 Å². The molecule has 0 bridgehead atoms. The Bertz CT molecular complexity index is 920. The van der Waals surface area contributed by atoms with Crippen molar-refractivity contribution in [3.63, 3.8) is 0 Å². The molecule has 6 heteroatoms. The lowest BCUT2D eigenvalue weighted by atomic mass is 10.2. The van der Waals surface area contributed by atoms with Gasteiger partial charge in [-0.15, -0.1) is 10.2 Å². The standard InChI is InChI=1S/C21H25N5O/c1-16(2)26(17-9-4-3-5-10-17)20(27)15-24-13-8-11-18(24)21-23-22-19-12-6-7-14-25(19)21/h3-7,9-10,12,14,16,18H,8,11,13,15H2,1-2H3/t18-/m0/s1. The van der Waals surface area contributed by atoms with Gasteiger partial charge in [0.05, 0.1) is 12.6 Å². The first-order valence-corrected chi connectivity index (χ1v) is 9.56. The van der Waals surface area contributed by atoms with Crippen molar-refractivity contribution in [1.29, 1.82) is 0 Å². The van der Waals surface area contributed by atoms with Crippen LogP contribution in [0.25, 0.3) is 5.65 Å². The fourth-order valence-corrected chi connectivity index (χ4v) is 3.96. The van der Waals surface area contributed by atoms with E-state index in [0.717, 1.165) is 36.5 Å². The van der Waals surface area contributed by atoms with Gasteiger partial charge >= 0.3 is 0 Å². The fourth-order valence-electron chi connectivity index (χ4n) is 3.96. The predicted molar refractivity (Wildman–Crippen MR) is 106 cm³/mol. The van der Waals surface area contributed by atoms with Crippen LogP contribution in [-0.4, -0.2) is 44.5 Å². The Morgan fingerprint density at radius 2 is 1.93 bits per heavy atom. The lowest BCUT2D eigenvalue weighted by Gasteiger charge is -2.30. The highest BCUT2D eigenvalue weighted by molar-refractivity contribution is 5.95. The molecule has 1 saturated heterocycles. The van der Waals surface area contributed by atoms with Gasteiger partial charge in [-0.2, -0.15) is 0 Å². The average Bonchev–Trinajstić information content (AvgIpc) is 3.28. The number of amides is 1. The summed E-state index contributed by atoms with van der Waals surface area (Å²) in [6.07, 6.45) is 4.05. The minimum absolute atomic E-state index is 0.106. The topological polar surface area (TPSA) is 53.7 Å². The highest BCUT2D eigenvalue weighted by atomic mass is 16.2. The second-order valence-electron chi connectivity index (χ2n) is 7.31. The monoisotopic (exact) mass is 363 g/mol. The largest absolute Gasteiger partial charge is 0.309 e. The van der Waals surface area contributed by atoms with Crippen molar-refractivity contribution in [3.8, 4) is 0 Å². The number of likely N-dealkylation sites (tertiary alicyclic amines) is 1. The van der Waals surface area contributed by atoms with E-state index in [0.29, 0.717) is 6.54 Å². The van der Waals surface area contributed by atoms with Gasteiger partial charge in [0.15, 0.2) is 11.5 Å². The molecule has 3 aromatic rings. The van der Waals surface area contributed by atoms with E-state index in [9.17, 15) is 4.79 Å². The molecular formula is C21H25N5O. The van der Waals surface area contributed by atoms with Gasteiger partial charge in [0.2, 0.25) is 5.91 Å². The highest BCUT2D eigenvalue weighted by Gasteiger charge is 2.32. The summed E-state index contributed by atoms with van der Waals surface area (Å²) in [5.41, 5.74) is 1.79. The molecular weight excluding hydrogens is 338 g/mol. The molecule has 1 aromatic carbocycles. The van der Waals surface area contributed by atoms with Gasteiger partial charge in [-0.3, -0.25) is 14.1 Å². The number of hydrogen-bond donors (Lipinski definition) is 0. The van der Waals surface area contributed by atoms with Crippen molar-refractivity contribution in [2.45, 2.75) is 38.8 Å². The van der Waals surface area contributed by atoms with Crippen molar-refractivity contribution >= 4 is 17.2 Å². The van der Waals surface area contributed by atoms with E-state index >= 15 is 0 Å². The summed E-state index contributed by atoms with van der Waals surface area (Å²) in [6, 6.07) is 16.0. The molecule has 0 radical (unpaired) electrons. The van der Waals surface area contributed by atoms with Gasteiger partial charge in [-0.1, -0.05) is 24.3 Å². The molecule has 0 spiro atoms. The SMILES string of the molecule is CC(C)N(C(=O)CN1CCC[C@H]1c1nnc2ccccn12)c1ccccc1. The van der Waals surface area contributed by atoms with Crippen LogP contribution >= 0.6 is 0 Å². The van der Waals surface area contributed by atoms with E-state index in [4.69, 9.17) is 0 Å². The molecule has 1 aliphatic heterocycles. The third-order valence-corrected chi connectivity index (χ3v) is 5.16. The third kappa shape index (κ3) is 3.45. The van der Waals surface area contributed by atoms with Gasteiger partial charge < -0.3 is 4.90 Å². The van der Waals surface area contributed by atoms with Crippen molar-refractivity contribution in [2.24, 2.45) is 0 Å². The number of hydrogen-bond acceptors (Lipinski definition) is 4. The predicted octanol–water partition coefficient (Wildman–Crippen LogP) is 3.31. The smallest absolute Gasteiger partial charge is 0.241 e. The Morgan fingerprint density at radius 1 is 1.15 bits per heavy atom. The molecule has 0 N–H and O–H groups in total. The van der Waals surface area contributed by atoms with Crippen molar-refractivity contribution in [1.82, 2.24) is 19.5 Å². The summed E-state index contributed by atoms with van der Waals surface area (Å²) < 4.78 is 2.03. The molecule has 2 aromatic heterocycles. The average molecular weight is 363 g/mol. The maximum absolute atomic E-state index is 13.2. The van der Waals surface area contributed by atoms with Crippen molar-refractivity contribution in [2.75, 3.05) is 18.0 Å². The van der Waals surface area contributed by atoms with Crippen molar-refractivity contribution in [3.05, 3.63) is 60.6 Å². The maximum atomic E-state index is 13.2. The Balaban J connectivity index is 1.56. The van der Waals surface area contributed by atoms with E-state index in [-0.39, 0.29) is 18.0 Å². The first-order chi connectivity index (χ1) is 13.1. The molecule has 1 atom stereocenters. The van der Waals surface area contributed by atoms with E-state index in [1.54, 1.807) is 0 Å². The first kappa shape index (κ1) is 17.7. The molecule has 140 valence electrons. The van der Waals surface area contributed by atoms with Crippen LogP contribution in [0.4, 0.5) is 5.69 Å². The Kier molecular flexibility index (Phi) is 4.90. The van der Waals surface area contributed by atoms with E-state index in [2.05, 4.69) is 28.9 Å². The van der Waals surface area contributed by atoms with Crippen LogP contribution in [0.1, 0.15) is 38.6 Å². The summed E-state index contributed by atoms with van der Waals surface area (Å²) in [7, 11) is 0. The summed E-state index contributed by atoms with van der Waals surface area (Å²) in [5, 5.41) is 8.70. The zero-order valence-corrected chi connectivity index (χ0v) is 15.8. The molecule has 0 aliphatic carbocycles. The van der Waals surface area contributed by atoms with Gasteiger partial charge in [0.25, 0.3) is 0 Å². The van der Waals surface area contributed by atoms with Crippen LogP contribution in [0.15, 0.2) is 54.7 Å². The first-order valence-electron chi connectivity index (χ1n) is 9.56. The number of carbonyl (C=O) groups is 1. The summed E-state index contributed by atoms with van der Waals surface area (Å²) in [5.74, 6) is 1.05. The van der Waals surface area contributed by atoms with E-state index in [1.807, 2.05) is 64.0 Å². The number of anilines is 1. The third-order valence-electron chi connectivity index (χ3n) is 5.16. The molecule has 1 aliphatic rings. The number of para-hydroxylation sites is 1. The Labute approximate surface area is 159 Å². The second kappa shape index (κ2) is 7.48. The van der Waals surface area contributed by atoms with E-state index < -0.39 is 0 Å². The number of benzene rings is 1. The molecule has 1 amide bonds. The highest BCUT2D eigenvalue weighted by Crippen LogP contribution is 2.31. The number of rotatable bonds is 5. The van der Waals surface area contributed by atoms with Crippen LogP contribution in [0.3, 0.4) is 0 Å². The molecule has 27 heavy (non-hydrogen) atoms. The van der Waals surface area contributed by atoms with Crippen LogP contribution in [-0.2, 0) is 4.79 Å². The summed E-state index contributed by atoms with van der Waals surface area (Å²) in [6.45, 7) is 5.40. The Hall–Kier alpha value is -2.73. The number of pyridine rings is 1. The lowest BCUT2D eigenvalue weighted by Crippen LogP contribution is -2.44. The van der Waals surface area contributed by atoms with Gasteiger partial charge in [0.1, 0.15) is 0 Å². The Morgan fingerprint density at radius 3 is 2.70 bits per heavy atom. The van der Waals surface area contributed by atoms with Gasteiger partial charge in [-0.05, 0) is 57.5 Å². The van der Waals surface area contributed by atoms with Crippen LogP contribution in [0.2, 0.25) is 0 Å². The maximum Gasteiger partial charge on any atom is 0.241 e. The van der Waals surface area contributed by atoms with E-state index in [1.165, 1.54) is 0 Å². The molecule has 0 saturated carbocycles. The van der Waals surface area contributed by atoms with Gasteiger partial charge in [0, 0.05) is 17.9 Å². The zero-order chi connectivity index (χ0) is 18.8. The second-order valence-corrected chi connectivity index (χ2v) is 7.31. The van der Waals surface area contributed by atoms with Crippen molar-refractivity contribution < 1.29 is 4.79 Å². The quantitative estimate of drug-likeness (QED) is 0.698. The summed E-state index contributed by atoms with van der Waals surface area (Å²) >= 11 is 0. The van der Waals surface area contributed by atoms with Gasteiger partial charge in [-0.25, -0.2) is 0 Å². The number of aromatic nitrogens is 3. The zero-order valence-electron chi connectivity index (χ0n) is 15.8. The lowest BCUT2D eigenvalue weighted by molar-refractivity contribution is -0.120. The number of nitrogens with zero attached hydrogens (tertiary/aromatic N) is 5. The molecule has 6 nitrogen and oxygen atoms in total. The normalized spacial score (nSPS) is 17.7. The number of carbonyl (C=O) groups excluding carboxylic acids is 1. The number of fused-ring (bicyclic) bond motifs is 1. The molecule has 1 fully saturated rings.